The fourth-order valence-electron chi connectivity index (χ4n) is 3.85. The number of carbonyl (C=O) groups excluding carboxylic acids is 1. The first kappa shape index (κ1) is 17.4. The van der Waals surface area contributed by atoms with E-state index < -0.39 is 5.60 Å². The lowest BCUT2D eigenvalue weighted by molar-refractivity contribution is -0.136. The average Bonchev–Trinajstić information content (AvgIpc) is 2.84. The third-order valence-electron chi connectivity index (χ3n) is 5.31. The monoisotopic (exact) mass is 334 g/mol. The van der Waals surface area contributed by atoms with Crippen LogP contribution < -0.4 is 0 Å². The zero-order valence-corrected chi connectivity index (χ0v) is 14.2. The molecule has 5 heteroatoms. The molecule has 1 heterocycles. The highest BCUT2D eigenvalue weighted by Gasteiger charge is 2.35. The van der Waals surface area contributed by atoms with Crippen molar-refractivity contribution in [3.63, 3.8) is 0 Å². The SMILES string of the molecule is O=C(CC1(O)CCCC1)N1CCCN(Cc2ccccc2F)CC1. The van der Waals surface area contributed by atoms with E-state index in [0.717, 1.165) is 51.7 Å². The number of hydrogen-bond acceptors (Lipinski definition) is 3. The van der Waals surface area contributed by atoms with Gasteiger partial charge in [-0.1, -0.05) is 31.0 Å². The summed E-state index contributed by atoms with van der Waals surface area (Å²) < 4.78 is 13.8. The van der Waals surface area contributed by atoms with Gasteiger partial charge in [-0.3, -0.25) is 9.69 Å². The number of aliphatic hydroxyl groups is 1. The summed E-state index contributed by atoms with van der Waals surface area (Å²) in [5, 5.41) is 10.4. The minimum absolute atomic E-state index is 0.0622. The molecule has 1 aromatic rings. The van der Waals surface area contributed by atoms with Crippen molar-refractivity contribution in [3.8, 4) is 0 Å². The van der Waals surface area contributed by atoms with Gasteiger partial charge in [0.15, 0.2) is 0 Å². The van der Waals surface area contributed by atoms with Gasteiger partial charge in [0.2, 0.25) is 5.91 Å². The molecule has 1 aliphatic carbocycles. The lowest BCUT2D eigenvalue weighted by atomic mass is 9.97. The maximum atomic E-state index is 13.8. The highest BCUT2D eigenvalue weighted by molar-refractivity contribution is 5.77. The van der Waals surface area contributed by atoms with E-state index in [4.69, 9.17) is 0 Å². The number of halogens is 1. The lowest BCUT2D eigenvalue weighted by Gasteiger charge is -2.27. The van der Waals surface area contributed by atoms with Crippen LogP contribution >= 0.6 is 0 Å². The first-order valence-electron chi connectivity index (χ1n) is 9.02. The number of amides is 1. The molecule has 2 fully saturated rings. The molecule has 0 atom stereocenters. The average molecular weight is 334 g/mol. The van der Waals surface area contributed by atoms with Crippen LogP contribution in [0.5, 0.6) is 0 Å². The summed E-state index contributed by atoms with van der Waals surface area (Å²) in [6.07, 6.45) is 4.65. The van der Waals surface area contributed by atoms with Crippen molar-refractivity contribution in [2.45, 2.75) is 50.7 Å². The van der Waals surface area contributed by atoms with Crippen LogP contribution in [-0.2, 0) is 11.3 Å². The van der Waals surface area contributed by atoms with Crippen LogP contribution in [0.25, 0.3) is 0 Å². The van der Waals surface area contributed by atoms with Crippen LogP contribution in [-0.4, -0.2) is 52.6 Å². The number of hydrogen-bond donors (Lipinski definition) is 1. The van der Waals surface area contributed by atoms with Gasteiger partial charge in [-0.2, -0.15) is 0 Å². The van der Waals surface area contributed by atoms with Crippen molar-refractivity contribution >= 4 is 5.91 Å². The third-order valence-corrected chi connectivity index (χ3v) is 5.31. The highest BCUT2D eigenvalue weighted by Crippen LogP contribution is 2.32. The molecule has 0 aromatic heterocycles. The molecule has 0 unspecified atom stereocenters. The van der Waals surface area contributed by atoms with E-state index in [2.05, 4.69) is 4.90 Å². The molecule has 1 saturated heterocycles. The van der Waals surface area contributed by atoms with Crippen LogP contribution in [0.1, 0.15) is 44.1 Å². The largest absolute Gasteiger partial charge is 0.389 e. The molecule has 1 aliphatic heterocycles. The molecule has 1 aromatic carbocycles. The molecule has 4 nitrogen and oxygen atoms in total. The number of benzene rings is 1. The Morgan fingerprint density at radius 2 is 1.83 bits per heavy atom. The highest BCUT2D eigenvalue weighted by atomic mass is 19.1. The molecule has 1 N–H and O–H groups in total. The fraction of sp³-hybridized carbons (Fsp3) is 0.632. The second-order valence-electron chi connectivity index (χ2n) is 7.21. The Morgan fingerprint density at radius 3 is 2.58 bits per heavy atom. The van der Waals surface area contributed by atoms with E-state index in [1.165, 1.54) is 6.07 Å². The van der Waals surface area contributed by atoms with Gasteiger partial charge in [-0.15, -0.1) is 0 Å². The van der Waals surface area contributed by atoms with Crippen molar-refractivity contribution in [2.75, 3.05) is 26.2 Å². The fourth-order valence-corrected chi connectivity index (χ4v) is 3.85. The van der Waals surface area contributed by atoms with Crippen LogP contribution in [0.2, 0.25) is 0 Å². The summed E-state index contributed by atoms with van der Waals surface area (Å²) in [4.78, 5) is 16.6. The van der Waals surface area contributed by atoms with E-state index >= 15 is 0 Å². The van der Waals surface area contributed by atoms with Crippen molar-refractivity contribution in [1.29, 1.82) is 0 Å². The van der Waals surface area contributed by atoms with E-state index in [1.54, 1.807) is 6.07 Å². The number of rotatable bonds is 4. The smallest absolute Gasteiger partial charge is 0.225 e. The summed E-state index contributed by atoms with van der Waals surface area (Å²) >= 11 is 0. The number of nitrogens with zero attached hydrogens (tertiary/aromatic N) is 2. The molecule has 1 amide bonds. The summed E-state index contributed by atoms with van der Waals surface area (Å²) in [5.74, 6) is -0.106. The minimum atomic E-state index is -0.782. The van der Waals surface area contributed by atoms with Gasteiger partial charge in [0.25, 0.3) is 0 Å². The van der Waals surface area contributed by atoms with Crippen molar-refractivity contribution in [2.24, 2.45) is 0 Å². The molecule has 2 aliphatic rings. The Bertz CT molecular complexity index is 572. The van der Waals surface area contributed by atoms with Gasteiger partial charge in [0.1, 0.15) is 5.82 Å². The van der Waals surface area contributed by atoms with Gasteiger partial charge in [-0.25, -0.2) is 4.39 Å². The number of carbonyl (C=O) groups is 1. The normalized spacial score (nSPS) is 21.7. The predicted molar refractivity (Wildman–Crippen MR) is 90.9 cm³/mol. The quantitative estimate of drug-likeness (QED) is 0.920. The molecular weight excluding hydrogens is 307 g/mol. The van der Waals surface area contributed by atoms with E-state index in [0.29, 0.717) is 18.7 Å². The molecular formula is C19H27FN2O2. The predicted octanol–water partition coefficient (Wildman–Crippen LogP) is 2.56. The Balaban J connectivity index is 1.53. The molecule has 3 rings (SSSR count). The van der Waals surface area contributed by atoms with E-state index in [-0.39, 0.29) is 18.1 Å². The lowest BCUT2D eigenvalue weighted by Crippen LogP contribution is -2.40. The second-order valence-corrected chi connectivity index (χ2v) is 7.21. The first-order valence-corrected chi connectivity index (χ1v) is 9.02. The molecule has 1 saturated carbocycles. The van der Waals surface area contributed by atoms with E-state index in [1.807, 2.05) is 17.0 Å². The Morgan fingerprint density at radius 1 is 1.08 bits per heavy atom. The molecule has 132 valence electrons. The van der Waals surface area contributed by atoms with Gasteiger partial charge in [0, 0.05) is 38.3 Å². The van der Waals surface area contributed by atoms with Gasteiger partial charge < -0.3 is 10.0 Å². The Labute approximate surface area is 143 Å². The summed E-state index contributed by atoms with van der Waals surface area (Å²) in [7, 11) is 0. The first-order chi connectivity index (χ1) is 11.6. The molecule has 24 heavy (non-hydrogen) atoms. The summed E-state index contributed by atoms with van der Waals surface area (Å²) in [6.45, 7) is 3.57. The van der Waals surface area contributed by atoms with Crippen molar-refractivity contribution in [3.05, 3.63) is 35.6 Å². The molecule has 0 radical (unpaired) electrons. The van der Waals surface area contributed by atoms with E-state index in [9.17, 15) is 14.3 Å². The van der Waals surface area contributed by atoms with Crippen molar-refractivity contribution in [1.82, 2.24) is 9.80 Å². The molecule has 0 spiro atoms. The van der Waals surface area contributed by atoms with Crippen LogP contribution in [0, 0.1) is 5.82 Å². The maximum absolute atomic E-state index is 13.8. The zero-order valence-electron chi connectivity index (χ0n) is 14.2. The third kappa shape index (κ3) is 4.33. The van der Waals surface area contributed by atoms with Crippen molar-refractivity contribution < 1.29 is 14.3 Å². The standard InChI is InChI=1S/C19H27FN2O2/c20-17-7-2-1-6-16(17)15-21-10-5-11-22(13-12-21)18(23)14-19(24)8-3-4-9-19/h1-2,6-7,24H,3-5,8-15H2. The maximum Gasteiger partial charge on any atom is 0.225 e. The Kier molecular flexibility index (Phi) is 5.51. The van der Waals surface area contributed by atoms with Crippen LogP contribution in [0.15, 0.2) is 24.3 Å². The molecule has 0 bridgehead atoms. The minimum Gasteiger partial charge on any atom is -0.389 e. The van der Waals surface area contributed by atoms with Crippen LogP contribution in [0.4, 0.5) is 4.39 Å². The topological polar surface area (TPSA) is 43.8 Å². The zero-order chi connectivity index (χ0) is 17.0. The van der Waals surface area contributed by atoms with Crippen LogP contribution in [0.3, 0.4) is 0 Å². The van der Waals surface area contributed by atoms with Gasteiger partial charge in [0.05, 0.1) is 12.0 Å². The summed E-state index contributed by atoms with van der Waals surface area (Å²) in [6, 6.07) is 6.87. The summed E-state index contributed by atoms with van der Waals surface area (Å²) in [5.41, 5.74) is -0.0754. The van der Waals surface area contributed by atoms with Gasteiger partial charge >= 0.3 is 0 Å². The second kappa shape index (κ2) is 7.62. The van der Waals surface area contributed by atoms with Gasteiger partial charge in [-0.05, 0) is 25.3 Å². The Hall–Kier alpha value is -1.46.